The summed E-state index contributed by atoms with van der Waals surface area (Å²) in [7, 11) is 0. The summed E-state index contributed by atoms with van der Waals surface area (Å²) in [6.07, 6.45) is 4.32. The number of hydrogen-bond donors (Lipinski definition) is 2. The number of anilines is 1. The number of alkyl halides is 2. The summed E-state index contributed by atoms with van der Waals surface area (Å²) in [5.41, 5.74) is 3.09. The monoisotopic (exact) mass is 592 g/mol. The van der Waals surface area contributed by atoms with Gasteiger partial charge in [0, 0.05) is 0 Å². The van der Waals surface area contributed by atoms with Crippen LogP contribution in [0.15, 0.2) is 54.7 Å². The third-order valence-electron chi connectivity index (χ3n) is 7.10. The molecule has 1 saturated heterocycles. The van der Waals surface area contributed by atoms with E-state index in [1.807, 2.05) is 42.5 Å². The standard InChI is InChI=1S/C27H21IN4O4/c29-14-27(9-10-27)16-3-1-2-15(12-16)26(34)32-28-23-19-13-17(4-6-20(19)36-24(23)28)35-21-8-11-30-25-18(21)5-7-22(33)31-25/h1-4,6,8,11-13,23-24H,5,7,9-10H2,(H,32,34)(H,30,31,33)/t23-,24+/m1/s1. The third kappa shape index (κ3) is 3.51. The number of carbonyl (C=O) groups is 2. The van der Waals surface area contributed by atoms with Gasteiger partial charge in [-0.3, -0.25) is 0 Å². The summed E-state index contributed by atoms with van der Waals surface area (Å²) in [5.74, 6) is 2.64. The molecule has 2 aromatic carbocycles. The Morgan fingerprint density at radius 3 is 2.94 bits per heavy atom. The van der Waals surface area contributed by atoms with E-state index in [1.54, 1.807) is 12.3 Å². The summed E-state index contributed by atoms with van der Waals surface area (Å²) in [4.78, 5) is 29.0. The van der Waals surface area contributed by atoms with Crippen molar-refractivity contribution in [2.45, 2.75) is 39.1 Å². The molecule has 9 heteroatoms. The van der Waals surface area contributed by atoms with Crippen molar-refractivity contribution in [3.63, 3.8) is 0 Å². The number of fused-ring (bicyclic) bond motifs is 4. The molecule has 0 spiro atoms. The first-order chi connectivity index (χ1) is 17.5. The average Bonchev–Trinajstić information content (AvgIpc) is 3.79. The van der Waals surface area contributed by atoms with Crippen molar-refractivity contribution in [1.29, 1.82) is 5.26 Å². The van der Waals surface area contributed by atoms with E-state index >= 15 is 0 Å². The van der Waals surface area contributed by atoms with Crippen molar-refractivity contribution in [2.75, 3.05) is 5.32 Å². The van der Waals surface area contributed by atoms with Gasteiger partial charge in [-0.25, -0.2) is 0 Å². The van der Waals surface area contributed by atoms with Crippen LogP contribution in [0.3, 0.4) is 0 Å². The van der Waals surface area contributed by atoms with E-state index in [-0.39, 0.29) is 19.8 Å². The van der Waals surface area contributed by atoms with E-state index < -0.39 is 25.5 Å². The Kier molecular flexibility index (Phi) is 4.76. The fourth-order valence-electron chi connectivity index (χ4n) is 4.88. The maximum absolute atomic E-state index is 13.0. The number of ether oxygens (including phenoxy) is 2. The van der Waals surface area contributed by atoms with Crippen LogP contribution in [0, 0.1) is 11.3 Å². The Hall–Kier alpha value is -3.65. The van der Waals surface area contributed by atoms with E-state index in [0.717, 1.165) is 35.3 Å². The number of pyridine rings is 1. The van der Waals surface area contributed by atoms with Crippen LogP contribution in [0.1, 0.15) is 50.2 Å². The summed E-state index contributed by atoms with van der Waals surface area (Å²) in [6.45, 7) is 0. The van der Waals surface area contributed by atoms with Gasteiger partial charge in [0.2, 0.25) is 0 Å². The first-order valence-corrected chi connectivity index (χ1v) is 15.4. The van der Waals surface area contributed by atoms with Gasteiger partial charge in [-0.05, 0) is 0 Å². The van der Waals surface area contributed by atoms with Crippen molar-refractivity contribution < 1.29 is 19.1 Å². The van der Waals surface area contributed by atoms with Crippen molar-refractivity contribution in [3.05, 3.63) is 77.0 Å². The molecule has 1 aromatic heterocycles. The summed E-state index contributed by atoms with van der Waals surface area (Å²) in [5, 5.41) is 12.3. The number of rotatable bonds is 5. The predicted octanol–water partition coefficient (Wildman–Crippen LogP) is 4.94. The number of aromatic nitrogens is 1. The maximum atomic E-state index is 13.0. The van der Waals surface area contributed by atoms with Crippen LogP contribution < -0.4 is 18.3 Å². The zero-order valence-electron chi connectivity index (χ0n) is 19.1. The Morgan fingerprint density at radius 2 is 2.11 bits per heavy atom. The fourth-order valence-corrected chi connectivity index (χ4v) is 10.6. The normalized spacial score (nSPS) is 22.6. The van der Waals surface area contributed by atoms with Gasteiger partial charge in [0.25, 0.3) is 0 Å². The molecule has 0 radical (unpaired) electrons. The Morgan fingerprint density at radius 1 is 1.22 bits per heavy atom. The molecule has 1 saturated carbocycles. The van der Waals surface area contributed by atoms with E-state index in [1.165, 1.54) is 0 Å². The number of halogens is 1. The van der Waals surface area contributed by atoms with E-state index in [0.29, 0.717) is 35.7 Å². The Labute approximate surface area is 214 Å². The second-order valence-electron chi connectivity index (χ2n) is 9.40. The molecule has 4 heterocycles. The molecule has 8 nitrogen and oxygen atoms in total. The fraction of sp³-hybridized carbons (Fsp3) is 0.259. The van der Waals surface area contributed by atoms with Crippen LogP contribution in [0.4, 0.5) is 5.82 Å². The van der Waals surface area contributed by atoms with Gasteiger partial charge in [0.1, 0.15) is 0 Å². The molecule has 3 aromatic rings. The SMILES string of the molecule is N#CC1(c2cccc(C(=O)NI3[C@@H]4c5cc(Oc6ccnc7c6CCC(=O)N7)ccc5O[C@@H]43)c2)CC1. The third-order valence-corrected chi connectivity index (χ3v) is 12.5. The molecule has 3 aliphatic heterocycles. The van der Waals surface area contributed by atoms with Crippen LogP contribution >= 0.6 is 20.1 Å². The first-order valence-electron chi connectivity index (χ1n) is 11.8. The predicted molar refractivity (Wildman–Crippen MR) is 139 cm³/mol. The van der Waals surface area contributed by atoms with Gasteiger partial charge in [-0.15, -0.1) is 0 Å². The molecule has 4 aliphatic rings. The van der Waals surface area contributed by atoms with Crippen molar-refractivity contribution in [1.82, 2.24) is 8.51 Å². The number of amides is 2. The zero-order chi connectivity index (χ0) is 24.4. The van der Waals surface area contributed by atoms with Crippen LogP contribution in [0.2, 0.25) is 0 Å². The molecule has 2 atom stereocenters. The van der Waals surface area contributed by atoms with Gasteiger partial charge in [-0.1, -0.05) is 0 Å². The Balaban J connectivity index is 1.07. The molecule has 180 valence electrons. The molecular weight excluding hydrogens is 571 g/mol. The van der Waals surface area contributed by atoms with Crippen molar-refractivity contribution in [2.24, 2.45) is 0 Å². The van der Waals surface area contributed by atoms with Crippen LogP contribution in [0.25, 0.3) is 0 Å². The van der Waals surface area contributed by atoms with E-state index in [4.69, 9.17) is 9.47 Å². The van der Waals surface area contributed by atoms with E-state index in [9.17, 15) is 14.9 Å². The second-order valence-corrected chi connectivity index (χ2v) is 14.5. The average molecular weight is 592 g/mol. The molecular formula is C27H21IN4O4. The molecule has 2 fully saturated rings. The summed E-state index contributed by atoms with van der Waals surface area (Å²) >= 11 is -1.89. The first kappa shape index (κ1) is 21.6. The number of carbonyl (C=O) groups excluding carboxylic acids is 2. The molecule has 0 bridgehead atoms. The van der Waals surface area contributed by atoms with Gasteiger partial charge >= 0.3 is 215 Å². The Bertz CT molecular complexity index is 1500. The van der Waals surface area contributed by atoms with Crippen molar-refractivity contribution >= 4 is 37.7 Å². The summed E-state index contributed by atoms with van der Waals surface area (Å²) in [6, 6.07) is 17.5. The van der Waals surface area contributed by atoms with Gasteiger partial charge in [0.15, 0.2) is 0 Å². The van der Waals surface area contributed by atoms with Crippen LogP contribution in [-0.4, -0.2) is 20.9 Å². The number of nitrogens with one attached hydrogen (secondary N) is 2. The molecule has 7 rings (SSSR count). The van der Waals surface area contributed by atoms with Gasteiger partial charge < -0.3 is 0 Å². The molecule has 0 unspecified atom stereocenters. The second kappa shape index (κ2) is 7.93. The van der Waals surface area contributed by atoms with Gasteiger partial charge in [-0.2, -0.15) is 0 Å². The molecule has 1 aliphatic carbocycles. The number of hydrogen-bond acceptors (Lipinski definition) is 6. The number of benzene rings is 2. The molecule has 2 amide bonds. The van der Waals surface area contributed by atoms with Gasteiger partial charge in [0.05, 0.1) is 0 Å². The van der Waals surface area contributed by atoms with Crippen LogP contribution in [-0.2, 0) is 16.6 Å². The van der Waals surface area contributed by atoms with E-state index in [2.05, 4.69) is 19.9 Å². The molecule has 36 heavy (non-hydrogen) atoms. The number of nitriles is 1. The zero-order valence-corrected chi connectivity index (χ0v) is 21.2. The molecule has 2 N–H and O–H groups in total. The summed E-state index contributed by atoms with van der Waals surface area (Å²) < 4.78 is 15.9. The quantitative estimate of drug-likeness (QED) is 0.247. The minimum atomic E-state index is -1.89. The topological polar surface area (TPSA) is 113 Å². The van der Waals surface area contributed by atoms with Crippen molar-refractivity contribution in [3.8, 4) is 23.3 Å². The van der Waals surface area contributed by atoms with Crippen LogP contribution in [0.5, 0.6) is 17.2 Å². The minimum absolute atomic E-state index is 0.0378. The number of nitrogens with zero attached hydrogens (tertiary/aromatic N) is 2.